The Hall–Kier alpha value is -1.63. The van der Waals surface area contributed by atoms with Gasteiger partial charge < -0.3 is 20.1 Å². The van der Waals surface area contributed by atoms with Crippen molar-refractivity contribution in [2.45, 2.75) is 6.42 Å². The second-order valence-corrected chi connectivity index (χ2v) is 5.11. The van der Waals surface area contributed by atoms with Crippen LogP contribution in [0.4, 0.5) is 4.39 Å². The number of hydrogen-bond donors (Lipinski definition) is 1. The molecule has 5 nitrogen and oxygen atoms in total. The van der Waals surface area contributed by atoms with Crippen molar-refractivity contribution >= 4 is 18.3 Å². The lowest BCUT2D eigenvalue weighted by atomic mass is 9.98. The van der Waals surface area contributed by atoms with Crippen LogP contribution in [0.15, 0.2) is 30.1 Å². The van der Waals surface area contributed by atoms with Gasteiger partial charge in [-0.15, -0.1) is 12.4 Å². The summed E-state index contributed by atoms with van der Waals surface area (Å²) in [6.45, 7) is 2.01. The number of methoxy groups -OCH3 is 1. The van der Waals surface area contributed by atoms with E-state index in [2.05, 4.69) is 0 Å². The second-order valence-electron chi connectivity index (χ2n) is 5.11. The monoisotopic (exact) mass is 344 g/mol. The van der Waals surface area contributed by atoms with Gasteiger partial charge in [-0.05, 0) is 30.2 Å². The predicted molar refractivity (Wildman–Crippen MR) is 88.9 cm³/mol. The molecule has 7 heteroatoms. The van der Waals surface area contributed by atoms with E-state index in [1.165, 1.54) is 0 Å². The maximum Gasteiger partial charge on any atom is 0.254 e. The first-order valence-electron chi connectivity index (χ1n) is 7.21. The molecule has 0 atom stereocenters. The third-order valence-corrected chi connectivity index (χ3v) is 3.65. The Kier molecular flexibility index (Phi) is 8.02. The fourth-order valence-corrected chi connectivity index (χ4v) is 2.33. The van der Waals surface area contributed by atoms with Gasteiger partial charge in [-0.3, -0.25) is 4.79 Å². The van der Waals surface area contributed by atoms with Gasteiger partial charge in [0.25, 0.3) is 5.91 Å². The van der Waals surface area contributed by atoms with Crippen molar-refractivity contribution in [1.29, 1.82) is 0 Å². The number of halogens is 2. The van der Waals surface area contributed by atoms with Gasteiger partial charge in [-0.25, -0.2) is 4.39 Å². The number of carbonyl (C=O) groups is 1. The van der Waals surface area contributed by atoms with E-state index in [4.69, 9.17) is 15.2 Å². The smallest absolute Gasteiger partial charge is 0.254 e. The van der Waals surface area contributed by atoms with Crippen LogP contribution in [0.25, 0.3) is 0 Å². The van der Waals surface area contributed by atoms with Crippen LogP contribution in [0.2, 0.25) is 0 Å². The van der Waals surface area contributed by atoms with Crippen molar-refractivity contribution in [3.8, 4) is 5.75 Å². The molecule has 128 valence electrons. The summed E-state index contributed by atoms with van der Waals surface area (Å²) >= 11 is 0. The molecule has 0 saturated heterocycles. The van der Waals surface area contributed by atoms with Crippen LogP contribution in [-0.4, -0.2) is 50.8 Å². The zero-order valence-electron chi connectivity index (χ0n) is 13.1. The quantitative estimate of drug-likeness (QED) is 0.821. The SMILES string of the molecule is COCCN1CCc2cc(OC/C(=C\F)CN)ccc2C1=O.Cl. The van der Waals surface area contributed by atoms with Gasteiger partial charge in [0.05, 0.1) is 12.9 Å². The number of amides is 1. The number of rotatable bonds is 7. The highest BCUT2D eigenvalue weighted by Crippen LogP contribution is 2.24. The molecular formula is C16H22ClFN2O3. The maximum atomic E-state index is 12.4. The Morgan fingerprint density at radius 2 is 2.26 bits per heavy atom. The van der Waals surface area contributed by atoms with E-state index in [1.54, 1.807) is 24.1 Å². The summed E-state index contributed by atoms with van der Waals surface area (Å²) in [5, 5.41) is 0. The normalized spacial score (nSPS) is 14.3. The van der Waals surface area contributed by atoms with Crippen molar-refractivity contribution in [3.63, 3.8) is 0 Å². The number of nitrogens with zero attached hydrogens (tertiary/aromatic N) is 1. The molecule has 1 amide bonds. The minimum absolute atomic E-state index is 0. The molecule has 0 saturated carbocycles. The second kappa shape index (κ2) is 9.50. The molecule has 2 rings (SSSR count). The van der Waals surface area contributed by atoms with Gasteiger partial charge in [0.1, 0.15) is 12.4 Å². The predicted octanol–water partition coefficient (Wildman–Crippen LogP) is 1.94. The van der Waals surface area contributed by atoms with Gasteiger partial charge in [0.2, 0.25) is 0 Å². The minimum atomic E-state index is 0. The third kappa shape index (κ3) is 4.92. The zero-order valence-corrected chi connectivity index (χ0v) is 13.9. The highest BCUT2D eigenvalue weighted by molar-refractivity contribution is 5.96. The summed E-state index contributed by atoms with van der Waals surface area (Å²) in [5.41, 5.74) is 7.41. The lowest BCUT2D eigenvalue weighted by molar-refractivity contribution is 0.0679. The Labute approximate surface area is 141 Å². The average Bonchev–Trinajstić information content (AvgIpc) is 2.55. The average molecular weight is 345 g/mol. The van der Waals surface area contributed by atoms with Crippen molar-refractivity contribution in [1.82, 2.24) is 4.90 Å². The van der Waals surface area contributed by atoms with Gasteiger partial charge in [0.15, 0.2) is 0 Å². The van der Waals surface area contributed by atoms with Crippen LogP contribution in [0, 0.1) is 0 Å². The van der Waals surface area contributed by atoms with Crippen LogP contribution >= 0.6 is 12.4 Å². The third-order valence-electron chi connectivity index (χ3n) is 3.65. The maximum absolute atomic E-state index is 12.4. The topological polar surface area (TPSA) is 64.8 Å². The van der Waals surface area contributed by atoms with Crippen molar-refractivity contribution in [3.05, 3.63) is 41.2 Å². The minimum Gasteiger partial charge on any atom is -0.489 e. The molecule has 0 aliphatic carbocycles. The van der Waals surface area contributed by atoms with Crippen LogP contribution in [-0.2, 0) is 11.2 Å². The number of benzene rings is 1. The Morgan fingerprint density at radius 1 is 1.48 bits per heavy atom. The standard InChI is InChI=1S/C16H21FN2O3.ClH/c1-21-7-6-19-5-4-13-8-14(2-3-15(13)16(19)20)22-11-12(9-17)10-18;/h2-3,8-9H,4-7,10-11,18H2,1H3;1H/b12-9-;. The summed E-state index contributed by atoms with van der Waals surface area (Å²) in [7, 11) is 1.62. The Balaban J connectivity index is 0.00000264. The molecule has 23 heavy (non-hydrogen) atoms. The van der Waals surface area contributed by atoms with E-state index in [1.807, 2.05) is 6.07 Å². The molecule has 1 aromatic carbocycles. The summed E-state index contributed by atoms with van der Waals surface area (Å²) < 4.78 is 23.0. The van der Waals surface area contributed by atoms with E-state index < -0.39 is 0 Å². The van der Waals surface area contributed by atoms with Crippen molar-refractivity contribution in [2.24, 2.45) is 5.73 Å². The molecule has 0 radical (unpaired) electrons. The molecule has 1 aliphatic heterocycles. The molecule has 0 spiro atoms. The molecule has 1 aliphatic rings. The van der Waals surface area contributed by atoms with Crippen LogP contribution < -0.4 is 10.5 Å². The fraction of sp³-hybridized carbons (Fsp3) is 0.438. The van der Waals surface area contributed by atoms with E-state index in [9.17, 15) is 9.18 Å². The highest BCUT2D eigenvalue weighted by Gasteiger charge is 2.24. The van der Waals surface area contributed by atoms with E-state index in [0.717, 1.165) is 12.0 Å². The molecular weight excluding hydrogens is 323 g/mol. The van der Waals surface area contributed by atoms with Crippen LogP contribution in [0.1, 0.15) is 15.9 Å². The van der Waals surface area contributed by atoms with Gasteiger partial charge in [-0.2, -0.15) is 0 Å². The van der Waals surface area contributed by atoms with Crippen LogP contribution in [0.5, 0.6) is 5.75 Å². The molecule has 0 unspecified atom stereocenters. The molecule has 0 fully saturated rings. The van der Waals surface area contributed by atoms with Gasteiger partial charge >= 0.3 is 0 Å². The fourth-order valence-electron chi connectivity index (χ4n) is 2.33. The summed E-state index contributed by atoms with van der Waals surface area (Å²) in [6, 6.07) is 5.32. The van der Waals surface area contributed by atoms with Crippen LogP contribution in [0.3, 0.4) is 0 Å². The summed E-state index contributed by atoms with van der Waals surface area (Å²) in [6.07, 6.45) is 1.24. The van der Waals surface area contributed by atoms with E-state index in [-0.39, 0.29) is 31.5 Å². The number of ether oxygens (including phenoxy) is 2. The van der Waals surface area contributed by atoms with Crippen molar-refractivity contribution < 1.29 is 18.7 Å². The first-order chi connectivity index (χ1) is 10.7. The summed E-state index contributed by atoms with van der Waals surface area (Å²) in [5.74, 6) is 0.626. The van der Waals surface area contributed by atoms with Crippen molar-refractivity contribution in [2.75, 3.05) is 40.0 Å². The largest absolute Gasteiger partial charge is 0.489 e. The Morgan fingerprint density at radius 3 is 2.91 bits per heavy atom. The lowest BCUT2D eigenvalue weighted by Gasteiger charge is -2.28. The highest BCUT2D eigenvalue weighted by atomic mass is 35.5. The van der Waals surface area contributed by atoms with E-state index in [0.29, 0.717) is 42.9 Å². The molecule has 2 N–H and O–H groups in total. The molecule has 1 aromatic rings. The van der Waals surface area contributed by atoms with Gasteiger partial charge in [-0.1, -0.05) is 0 Å². The summed E-state index contributed by atoms with van der Waals surface area (Å²) in [4.78, 5) is 14.1. The number of hydrogen-bond acceptors (Lipinski definition) is 4. The molecule has 1 heterocycles. The number of carbonyl (C=O) groups excluding carboxylic acids is 1. The zero-order chi connectivity index (χ0) is 15.9. The molecule has 0 bridgehead atoms. The first kappa shape index (κ1) is 19.4. The number of nitrogens with two attached hydrogens (primary N) is 1. The van der Waals surface area contributed by atoms with Gasteiger partial charge in [0, 0.05) is 37.9 Å². The first-order valence-corrected chi connectivity index (χ1v) is 7.21. The lowest BCUT2D eigenvalue weighted by Crippen LogP contribution is -2.39. The molecule has 0 aromatic heterocycles. The van der Waals surface area contributed by atoms with E-state index >= 15 is 0 Å². The Bertz CT molecular complexity index is 566. The number of fused-ring (bicyclic) bond motifs is 1.